The van der Waals surface area contributed by atoms with Gasteiger partial charge in [-0.15, -0.1) is 0 Å². The molecule has 0 fully saturated rings. The maximum absolute atomic E-state index is 5.70. The predicted octanol–water partition coefficient (Wildman–Crippen LogP) is 1.47. The highest BCUT2D eigenvalue weighted by atomic mass is 32.2. The third-order valence-corrected chi connectivity index (χ3v) is 2.67. The zero-order valence-electron chi connectivity index (χ0n) is 6.42. The number of rotatable bonds is 1. The lowest BCUT2D eigenvalue weighted by Crippen LogP contribution is -2.25. The quantitative estimate of drug-likeness (QED) is 0.663. The molecule has 0 bridgehead atoms. The summed E-state index contributed by atoms with van der Waals surface area (Å²) < 4.78 is 0. The van der Waals surface area contributed by atoms with Gasteiger partial charge in [-0.2, -0.15) is 0 Å². The number of nitrogens with zero attached hydrogens (tertiary/aromatic N) is 2. The first kappa shape index (κ1) is 7.64. The molecule has 2 rings (SSSR count). The van der Waals surface area contributed by atoms with Crippen LogP contribution < -0.4 is 5.84 Å². The molecule has 0 amide bonds. The standard InChI is InChI=1S/C8H9N3S/c9-11-5-6-12-8(11)7-3-1-2-4-10-7/h1-6,8H,9H2. The van der Waals surface area contributed by atoms with Crippen molar-refractivity contribution in [3.63, 3.8) is 0 Å². The normalized spacial score (nSPS) is 21.8. The van der Waals surface area contributed by atoms with Gasteiger partial charge < -0.3 is 0 Å². The molecule has 3 nitrogen and oxygen atoms in total. The van der Waals surface area contributed by atoms with E-state index in [0.717, 1.165) is 5.69 Å². The maximum Gasteiger partial charge on any atom is 0.136 e. The van der Waals surface area contributed by atoms with Crippen molar-refractivity contribution in [2.24, 2.45) is 5.84 Å². The van der Waals surface area contributed by atoms with Crippen LogP contribution in [-0.4, -0.2) is 9.99 Å². The van der Waals surface area contributed by atoms with Crippen molar-refractivity contribution in [3.8, 4) is 0 Å². The van der Waals surface area contributed by atoms with Crippen LogP contribution in [0.15, 0.2) is 36.0 Å². The molecule has 1 unspecified atom stereocenters. The number of hydrogen-bond acceptors (Lipinski definition) is 4. The van der Waals surface area contributed by atoms with Crippen LogP contribution in [0.5, 0.6) is 0 Å². The molecular weight excluding hydrogens is 170 g/mol. The van der Waals surface area contributed by atoms with Gasteiger partial charge in [0.1, 0.15) is 5.37 Å². The molecule has 2 heterocycles. The molecule has 62 valence electrons. The minimum atomic E-state index is 0.145. The Hall–Kier alpha value is -1.00. The summed E-state index contributed by atoms with van der Waals surface area (Å²) in [6, 6.07) is 5.84. The second kappa shape index (κ2) is 3.16. The predicted molar refractivity (Wildman–Crippen MR) is 49.7 cm³/mol. The molecule has 0 saturated carbocycles. The summed E-state index contributed by atoms with van der Waals surface area (Å²) in [5, 5.41) is 3.78. The summed E-state index contributed by atoms with van der Waals surface area (Å²) in [5.41, 5.74) is 0.995. The Labute approximate surface area is 75.2 Å². The zero-order valence-corrected chi connectivity index (χ0v) is 7.24. The van der Waals surface area contributed by atoms with Gasteiger partial charge in [0.15, 0.2) is 0 Å². The van der Waals surface area contributed by atoms with Crippen LogP contribution in [0.1, 0.15) is 11.1 Å². The molecule has 4 heteroatoms. The lowest BCUT2D eigenvalue weighted by Gasteiger charge is -2.17. The molecule has 1 aromatic heterocycles. The van der Waals surface area contributed by atoms with Gasteiger partial charge in [0, 0.05) is 12.4 Å². The lowest BCUT2D eigenvalue weighted by molar-refractivity contribution is 0.380. The van der Waals surface area contributed by atoms with Crippen molar-refractivity contribution < 1.29 is 0 Å². The topological polar surface area (TPSA) is 42.1 Å². The molecule has 1 aliphatic heterocycles. The van der Waals surface area contributed by atoms with Gasteiger partial charge in [0.05, 0.1) is 5.69 Å². The van der Waals surface area contributed by atoms with E-state index in [1.807, 2.05) is 29.8 Å². The van der Waals surface area contributed by atoms with E-state index in [-0.39, 0.29) is 5.37 Å². The van der Waals surface area contributed by atoms with E-state index in [1.54, 1.807) is 23.0 Å². The number of thioether (sulfide) groups is 1. The highest BCUT2D eigenvalue weighted by Crippen LogP contribution is 2.34. The first-order valence-corrected chi connectivity index (χ1v) is 4.58. The van der Waals surface area contributed by atoms with Crippen molar-refractivity contribution in [1.82, 2.24) is 9.99 Å². The van der Waals surface area contributed by atoms with Crippen LogP contribution in [-0.2, 0) is 0 Å². The summed E-state index contributed by atoms with van der Waals surface area (Å²) in [4.78, 5) is 4.23. The molecule has 1 aliphatic rings. The second-order valence-electron chi connectivity index (χ2n) is 2.48. The van der Waals surface area contributed by atoms with Crippen LogP contribution in [0, 0.1) is 0 Å². The number of hydrogen-bond donors (Lipinski definition) is 1. The van der Waals surface area contributed by atoms with Gasteiger partial charge in [-0.1, -0.05) is 17.8 Å². The monoisotopic (exact) mass is 179 g/mol. The Kier molecular flexibility index (Phi) is 2.01. The number of pyridine rings is 1. The van der Waals surface area contributed by atoms with Crippen LogP contribution >= 0.6 is 11.8 Å². The maximum atomic E-state index is 5.70. The smallest absolute Gasteiger partial charge is 0.136 e. The second-order valence-corrected chi connectivity index (χ2v) is 3.47. The third-order valence-electron chi connectivity index (χ3n) is 1.65. The Morgan fingerprint density at radius 2 is 2.42 bits per heavy atom. The van der Waals surface area contributed by atoms with E-state index in [0.29, 0.717) is 0 Å². The van der Waals surface area contributed by atoms with Crippen LogP contribution in [0.4, 0.5) is 0 Å². The van der Waals surface area contributed by atoms with Gasteiger partial charge in [-0.25, -0.2) is 5.84 Å². The van der Waals surface area contributed by atoms with Gasteiger partial charge in [0.2, 0.25) is 0 Å². The summed E-state index contributed by atoms with van der Waals surface area (Å²) >= 11 is 1.66. The van der Waals surface area contributed by atoms with Gasteiger partial charge in [-0.05, 0) is 17.5 Å². The molecule has 0 aromatic carbocycles. The van der Waals surface area contributed by atoms with Crippen molar-refractivity contribution in [3.05, 3.63) is 41.7 Å². The minimum absolute atomic E-state index is 0.145. The zero-order chi connectivity index (χ0) is 8.39. The summed E-state index contributed by atoms with van der Waals surface area (Å²) in [7, 11) is 0. The SMILES string of the molecule is NN1C=CSC1c1ccccn1. The molecule has 12 heavy (non-hydrogen) atoms. The number of hydrazine groups is 1. The van der Waals surface area contributed by atoms with E-state index >= 15 is 0 Å². The van der Waals surface area contributed by atoms with E-state index in [9.17, 15) is 0 Å². The van der Waals surface area contributed by atoms with Gasteiger partial charge in [-0.3, -0.25) is 9.99 Å². The molecule has 2 N–H and O–H groups in total. The molecule has 1 aromatic rings. The highest BCUT2D eigenvalue weighted by molar-refractivity contribution is 8.02. The fourth-order valence-corrected chi connectivity index (χ4v) is 1.92. The van der Waals surface area contributed by atoms with Crippen LogP contribution in [0.25, 0.3) is 0 Å². The molecule has 0 spiro atoms. The van der Waals surface area contributed by atoms with Gasteiger partial charge >= 0.3 is 0 Å². The third kappa shape index (κ3) is 1.31. The minimum Gasteiger partial charge on any atom is -0.298 e. The number of aromatic nitrogens is 1. The van der Waals surface area contributed by atoms with Crippen LogP contribution in [0.3, 0.4) is 0 Å². The Morgan fingerprint density at radius 3 is 3.00 bits per heavy atom. The first-order chi connectivity index (χ1) is 5.88. The fraction of sp³-hybridized carbons (Fsp3) is 0.125. The largest absolute Gasteiger partial charge is 0.298 e. The molecule has 0 aliphatic carbocycles. The molecule has 0 radical (unpaired) electrons. The average molecular weight is 179 g/mol. The van der Waals surface area contributed by atoms with E-state index < -0.39 is 0 Å². The van der Waals surface area contributed by atoms with Gasteiger partial charge in [0.25, 0.3) is 0 Å². The van der Waals surface area contributed by atoms with Crippen molar-refractivity contribution >= 4 is 11.8 Å². The Bertz CT molecular complexity index is 286. The summed E-state index contributed by atoms with van der Waals surface area (Å²) in [6.07, 6.45) is 3.63. The van der Waals surface area contributed by atoms with Crippen molar-refractivity contribution in [1.29, 1.82) is 0 Å². The fourth-order valence-electron chi connectivity index (χ4n) is 1.07. The summed E-state index contributed by atoms with van der Waals surface area (Å²) in [5.74, 6) is 5.70. The van der Waals surface area contributed by atoms with Crippen LogP contribution in [0.2, 0.25) is 0 Å². The molecule has 1 atom stereocenters. The Morgan fingerprint density at radius 1 is 1.50 bits per heavy atom. The van der Waals surface area contributed by atoms with E-state index in [4.69, 9.17) is 5.84 Å². The number of nitrogens with two attached hydrogens (primary N) is 1. The lowest BCUT2D eigenvalue weighted by atomic mass is 10.3. The van der Waals surface area contributed by atoms with Crippen molar-refractivity contribution in [2.45, 2.75) is 5.37 Å². The highest BCUT2D eigenvalue weighted by Gasteiger charge is 2.19. The Balaban J connectivity index is 2.22. The average Bonchev–Trinajstić information content (AvgIpc) is 2.53. The van der Waals surface area contributed by atoms with E-state index in [2.05, 4.69) is 4.98 Å². The summed E-state index contributed by atoms with van der Waals surface area (Å²) in [6.45, 7) is 0. The molecule has 0 saturated heterocycles. The van der Waals surface area contributed by atoms with Crippen molar-refractivity contribution in [2.75, 3.05) is 0 Å². The van der Waals surface area contributed by atoms with E-state index in [1.165, 1.54) is 0 Å². The first-order valence-electron chi connectivity index (χ1n) is 3.64. The molecular formula is C8H9N3S.